The summed E-state index contributed by atoms with van der Waals surface area (Å²) in [6.07, 6.45) is 3.48. The first kappa shape index (κ1) is 19.7. The first-order chi connectivity index (χ1) is 14.1. The number of anilines is 1. The van der Waals surface area contributed by atoms with E-state index >= 15 is 0 Å². The van der Waals surface area contributed by atoms with Gasteiger partial charge < -0.3 is 9.84 Å². The van der Waals surface area contributed by atoms with Gasteiger partial charge in [0.1, 0.15) is 5.82 Å². The fourth-order valence-electron chi connectivity index (χ4n) is 3.50. The number of hydrogen-bond acceptors (Lipinski definition) is 6. The molecule has 3 heterocycles. The van der Waals surface area contributed by atoms with E-state index in [2.05, 4.69) is 41.3 Å². The maximum Gasteiger partial charge on any atom is 0.241 e. The standard InChI is InChI=1S/C21H22BrN5O2/c1-14-4-2-5-15(10-14)20-25-19(29-26-20)13-27-9-3-6-16(12-27)21(28)24-18-8-7-17(22)11-23-18/h2,4-5,7-8,10-11,16H,3,6,9,12-13H2,1H3,(H,23,24,28). The predicted octanol–water partition coefficient (Wildman–Crippen LogP) is 4.05. The fraction of sp³-hybridized carbons (Fsp3) is 0.333. The Kier molecular flexibility index (Phi) is 6.01. The summed E-state index contributed by atoms with van der Waals surface area (Å²) in [6, 6.07) is 11.7. The van der Waals surface area contributed by atoms with Gasteiger partial charge in [0, 0.05) is 22.8 Å². The number of halogens is 1. The molecule has 1 N–H and O–H groups in total. The number of aromatic nitrogens is 3. The quantitative estimate of drug-likeness (QED) is 0.624. The van der Waals surface area contributed by atoms with Crippen LogP contribution in [0.1, 0.15) is 24.3 Å². The van der Waals surface area contributed by atoms with Crippen molar-refractivity contribution in [2.24, 2.45) is 5.92 Å². The Bertz CT molecular complexity index is 989. The van der Waals surface area contributed by atoms with Crippen LogP contribution in [-0.4, -0.2) is 39.0 Å². The normalized spacial score (nSPS) is 17.2. The van der Waals surface area contributed by atoms with E-state index < -0.39 is 0 Å². The van der Waals surface area contributed by atoms with E-state index in [-0.39, 0.29) is 11.8 Å². The van der Waals surface area contributed by atoms with Crippen LogP contribution < -0.4 is 5.32 Å². The molecule has 1 atom stereocenters. The molecule has 1 aromatic carbocycles. The highest BCUT2D eigenvalue weighted by atomic mass is 79.9. The minimum atomic E-state index is -0.0895. The number of hydrogen-bond donors (Lipinski definition) is 1. The van der Waals surface area contributed by atoms with Gasteiger partial charge in [-0.25, -0.2) is 4.98 Å². The number of carbonyl (C=O) groups is 1. The molecule has 1 aliphatic heterocycles. The Morgan fingerprint density at radius 1 is 1.34 bits per heavy atom. The van der Waals surface area contributed by atoms with Gasteiger partial charge in [-0.1, -0.05) is 28.9 Å². The number of aryl methyl sites for hydroxylation is 1. The smallest absolute Gasteiger partial charge is 0.241 e. The Balaban J connectivity index is 1.36. The minimum Gasteiger partial charge on any atom is -0.338 e. The van der Waals surface area contributed by atoms with Crippen molar-refractivity contribution in [1.82, 2.24) is 20.0 Å². The summed E-state index contributed by atoms with van der Waals surface area (Å²) in [5, 5.41) is 7.01. The maximum atomic E-state index is 12.6. The van der Waals surface area contributed by atoms with Gasteiger partial charge in [-0.2, -0.15) is 4.98 Å². The topological polar surface area (TPSA) is 84.2 Å². The number of likely N-dealkylation sites (tertiary alicyclic amines) is 1. The highest BCUT2D eigenvalue weighted by molar-refractivity contribution is 9.10. The molecule has 4 rings (SSSR count). The van der Waals surface area contributed by atoms with E-state index in [4.69, 9.17) is 4.52 Å². The number of nitrogens with one attached hydrogen (secondary N) is 1. The molecule has 29 heavy (non-hydrogen) atoms. The van der Waals surface area contributed by atoms with Gasteiger partial charge in [0.2, 0.25) is 17.6 Å². The Labute approximate surface area is 177 Å². The van der Waals surface area contributed by atoms with E-state index in [1.165, 1.54) is 0 Å². The second-order valence-corrected chi connectivity index (χ2v) is 8.22. The number of amides is 1. The summed E-state index contributed by atoms with van der Waals surface area (Å²) in [7, 11) is 0. The molecule has 3 aromatic rings. The number of rotatable bonds is 5. The van der Waals surface area contributed by atoms with E-state index in [1.807, 2.05) is 37.3 Å². The van der Waals surface area contributed by atoms with Crippen LogP contribution in [0.25, 0.3) is 11.4 Å². The lowest BCUT2D eigenvalue weighted by molar-refractivity contribution is -0.121. The highest BCUT2D eigenvalue weighted by Crippen LogP contribution is 2.22. The first-order valence-electron chi connectivity index (χ1n) is 9.61. The van der Waals surface area contributed by atoms with Crippen LogP contribution in [0.2, 0.25) is 0 Å². The SMILES string of the molecule is Cc1cccc(-c2noc(CN3CCCC(C(=O)Nc4ccc(Br)cn4)C3)n2)c1. The summed E-state index contributed by atoms with van der Waals surface area (Å²) >= 11 is 3.35. The van der Waals surface area contributed by atoms with Gasteiger partial charge in [0.25, 0.3) is 0 Å². The Morgan fingerprint density at radius 3 is 3.03 bits per heavy atom. The monoisotopic (exact) mass is 455 g/mol. The molecule has 2 aromatic heterocycles. The highest BCUT2D eigenvalue weighted by Gasteiger charge is 2.27. The predicted molar refractivity (Wildman–Crippen MR) is 113 cm³/mol. The summed E-state index contributed by atoms with van der Waals surface area (Å²) in [5.41, 5.74) is 2.09. The van der Waals surface area contributed by atoms with Gasteiger partial charge >= 0.3 is 0 Å². The lowest BCUT2D eigenvalue weighted by atomic mass is 9.97. The molecule has 1 unspecified atom stereocenters. The molecule has 1 amide bonds. The van der Waals surface area contributed by atoms with Crippen molar-refractivity contribution < 1.29 is 9.32 Å². The van der Waals surface area contributed by atoms with Crippen LogP contribution in [0.3, 0.4) is 0 Å². The van der Waals surface area contributed by atoms with Gasteiger partial charge in [0.15, 0.2) is 0 Å². The maximum absolute atomic E-state index is 12.6. The molecule has 7 nitrogen and oxygen atoms in total. The zero-order valence-electron chi connectivity index (χ0n) is 16.1. The van der Waals surface area contributed by atoms with Crippen LogP contribution in [0.15, 0.2) is 51.6 Å². The zero-order chi connectivity index (χ0) is 20.2. The first-order valence-corrected chi connectivity index (χ1v) is 10.4. The second kappa shape index (κ2) is 8.84. The fourth-order valence-corrected chi connectivity index (χ4v) is 3.74. The van der Waals surface area contributed by atoms with Crippen LogP contribution in [0.5, 0.6) is 0 Å². The molecule has 8 heteroatoms. The molecule has 0 saturated carbocycles. The third-order valence-electron chi connectivity index (χ3n) is 4.96. The Morgan fingerprint density at radius 2 is 2.24 bits per heavy atom. The molecule has 1 aliphatic rings. The molecule has 0 radical (unpaired) electrons. The molecular formula is C21H22BrN5O2. The molecule has 150 valence electrons. The Hall–Kier alpha value is -2.58. The molecule has 1 saturated heterocycles. The lowest BCUT2D eigenvalue weighted by Gasteiger charge is -2.30. The number of piperidine rings is 1. The van der Waals surface area contributed by atoms with E-state index in [0.717, 1.165) is 35.0 Å². The third-order valence-corrected chi connectivity index (χ3v) is 5.43. The van der Waals surface area contributed by atoms with E-state index in [0.29, 0.717) is 30.6 Å². The molecular weight excluding hydrogens is 434 g/mol. The van der Waals surface area contributed by atoms with Crippen molar-refractivity contribution in [3.8, 4) is 11.4 Å². The largest absolute Gasteiger partial charge is 0.338 e. The summed E-state index contributed by atoms with van der Waals surface area (Å²) in [5.74, 6) is 1.63. The number of benzene rings is 1. The van der Waals surface area contributed by atoms with Crippen molar-refractivity contribution in [2.45, 2.75) is 26.3 Å². The molecule has 0 spiro atoms. The molecule has 1 fully saturated rings. The van der Waals surface area contributed by atoms with Crippen LogP contribution in [-0.2, 0) is 11.3 Å². The average Bonchev–Trinajstić information content (AvgIpc) is 3.18. The number of pyridine rings is 1. The van der Waals surface area contributed by atoms with E-state index in [9.17, 15) is 4.79 Å². The second-order valence-electron chi connectivity index (χ2n) is 7.31. The number of nitrogens with zero attached hydrogens (tertiary/aromatic N) is 4. The van der Waals surface area contributed by atoms with Gasteiger partial charge in [-0.3, -0.25) is 9.69 Å². The summed E-state index contributed by atoms with van der Waals surface area (Å²) in [6.45, 7) is 4.14. The lowest BCUT2D eigenvalue weighted by Crippen LogP contribution is -2.40. The van der Waals surface area contributed by atoms with Gasteiger partial charge in [0.05, 0.1) is 12.5 Å². The summed E-state index contributed by atoms with van der Waals surface area (Å²) in [4.78, 5) is 23.6. The van der Waals surface area contributed by atoms with Crippen molar-refractivity contribution in [2.75, 3.05) is 18.4 Å². The van der Waals surface area contributed by atoms with Crippen LogP contribution >= 0.6 is 15.9 Å². The summed E-state index contributed by atoms with van der Waals surface area (Å²) < 4.78 is 6.33. The molecule has 0 aliphatic carbocycles. The van der Waals surface area contributed by atoms with Crippen molar-refractivity contribution in [3.05, 3.63) is 58.5 Å². The van der Waals surface area contributed by atoms with Gasteiger partial charge in [-0.15, -0.1) is 0 Å². The molecule has 0 bridgehead atoms. The van der Waals surface area contributed by atoms with Crippen LogP contribution in [0.4, 0.5) is 5.82 Å². The van der Waals surface area contributed by atoms with Gasteiger partial charge in [-0.05, 0) is 60.4 Å². The number of carbonyl (C=O) groups excluding carboxylic acids is 1. The van der Waals surface area contributed by atoms with Crippen molar-refractivity contribution >= 4 is 27.7 Å². The van der Waals surface area contributed by atoms with Crippen molar-refractivity contribution in [3.63, 3.8) is 0 Å². The zero-order valence-corrected chi connectivity index (χ0v) is 17.7. The average molecular weight is 456 g/mol. The van der Waals surface area contributed by atoms with Crippen LogP contribution in [0, 0.1) is 12.8 Å². The third kappa shape index (κ3) is 5.07. The van der Waals surface area contributed by atoms with E-state index in [1.54, 1.807) is 12.3 Å². The minimum absolute atomic E-state index is 0.00417. The van der Waals surface area contributed by atoms with Crippen molar-refractivity contribution in [1.29, 1.82) is 0 Å².